The largest absolute Gasteiger partial charge is 0.493 e. The van der Waals surface area contributed by atoms with Crippen LogP contribution in [0.25, 0.3) is 0 Å². The van der Waals surface area contributed by atoms with Crippen LogP contribution in [0, 0.1) is 0 Å². The van der Waals surface area contributed by atoms with E-state index in [1.165, 1.54) is 42.3 Å². The number of rotatable bonds is 8. The smallest absolute Gasteiger partial charge is 0.387 e. The number of anilines is 1. The van der Waals surface area contributed by atoms with Gasteiger partial charge in [-0.1, -0.05) is 11.6 Å². The molecule has 0 aliphatic heterocycles. The molecular weight excluding hydrogens is 408 g/mol. The lowest BCUT2D eigenvalue weighted by molar-refractivity contribution is -0.0512. The topological polar surface area (TPSA) is 74.6 Å². The second-order valence-corrected chi connectivity index (χ2v) is 6.08. The first-order valence-electron chi connectivity index (χ1n) is 8.30. The molecule has 29 heavy (non-hydrogen) atoms. The number of benzene rings is 2. The summed E-state index contributed by atoms with van der Waals surface area (Å²) in [5, 5.41) is 7.30. The van der Waals surface area contributed by atoms with Crippen molar-refractivity contribution in [2.45, 2.75) is 13.3 Å². The molecule has 152 valence electrons. The first kappa shape index (κ1) is 20.4. The molecule has 1 heterocycles. The molecule has 10 heteroatoms. The Morgan fingerprint density at radius 3 is 2.62 bits per heavy atom. The molecule has 0 aliphatic rings. The quantitative estimate of drug-likeness (QED) is 0.580. The predicted molar refractivity (Wildman–Crippen MR) is 102 cm³/mol. The summed E-state index contributed by atoms with van der Waals surface area (Å²) in [4.78, 5) is 12.6. The first-order valence-corrected chi connectivity index (χ1v) is 8.68. The number of carbonyl (C=O) groups excluding carboxylic acids is 1. The lowest BCUT2D eigenvalue weighted by atomic mass is 10.2. The number of methoxy groups -OCH3 is 1. The van der Waals surface area contributed by atoms with Crippen LogP contribution < -0.4 is 19.5 Å². The number of alkyl halides is 2. The summed E-state index contributed by atoms with van der Waals surface area (Å²) in [7, 11) is 1.31. The number of nitrogens with one attached hydrogen (secondary N) is 1. The highest BCUT2D eigenvalue weighted by molar-refractivity contribution is 6.30. The molecule has 0 radical (unpaired) electrons. The molecule has 0 spiro atoms. The summed E-state index contributed by atoms with van der Waals surface area (Å²) < 4.78 is 41.2. The fraction of sp³-hybridized carbons (Fsp3) is 0.158. The fourth-order valence-corrected chi connectivity index (χ4v) is 2.55. The van der Waals surface area contributed by atoms with E-state index in [9.17, 15) is 13.6 Å². The van der Waals surface area contributed by atoms with Crippen LogP contribution in [0.1, 0.15) is 10.5 Å². The van der Waals surface area contributed by atoms with Crippen LogP contribution in [0.2, 0.25) is 5.02 Å². The molecule has 0 aliphatic carbocycles. The Balaban J connectivity index is 1.68. The molecule has 3 aromatic rings. The van der Waals surface area contributed by atoms with Crippen molar-refractivity contribution >= 4 is 23.2 Å². The van der Waals surface area contributed by atoms with Crippen LogP contribution in [-0.4, -0.2) is 29.4 Å². The maximum Gasteiger partial charge on any atom is 0.387 e. The van der Waals surface area contributed by atoms with Crippen LogP contribution in [0.5, 0.6) is 17.2 Å². The molecule has 0 saturated carbocycles. The molecule has 1 aromatic heterocycles. The Hall–Kier alpha value is -3.33. The van der Waals surface area contributed by atoms with E-state index in [0.717, 1.165) is 0 Å². The van der Waals surface area contributed by atoms with Gasteiger partial charge in [0, 0.05) is 23.0 Å². The van der Waals surface area contributed by atoms with Gasteiger partial charge in [0.05, 0.1) is 7.11 Å². The SMILES string of the molecule is COc1cc(NC(=O)c2ccnn2COc2ccc(Cl)cc2)ccc1OC(F)F. The van der Waals surface area contributed by atoms with Crippen molar-refractivity contribution in [3.8, 4) is 17.2 Å². The Kier molecular flexibility index (Phi) is 6.50. The number of ether oxygens (including phenoxy) is 3. The molecule has 0 atom stereocenters. The Bertz CT molecular complexity index is 980. The third-order valence-electron chi connectivity index (χ3n) is 3.75. The highest BCUT2D eigenvalue weighted by Gasteiger charge is 2.15. The van der Waals surface area contributed by atoms with Crippen molar-refractivity contribution in [2.75, 3.05) is 12.4 Å². The summed E-state index contributed by atoms with van der Waals surface area (Å²) in [6.45, 7) is -2.98. The van der Waals surface area contributed by atoms with Gasteiger partial charge in [0.1, 0.15) is 11.4 Å². The van der Waals surface area contributed by atoms with Gasteiger partial charge < -0.3 is 19.5 Å². The zero-order valence-electron chi connectivity index (χ0n) is 15.1. The molecule has 0 fully saturated rings. The molecule has 2 aromatic carbocycles. The zero-order chi connectivity index (χ0) is 20.8. The fourth-order valence-electron chi connectivity index (χ4n) is 2.43. The van der Waals surface area contributed by atoms with Gasteiger partial charge in [-0.3, -0.25) is 4.79 Å². The van der Waals surface area contributed by atoms with Gasteiger partial charge in [-0.15, -0.1) is 0 Å². The highest BCUT2D eigenvalue weighted by atomic mass is 35.5. The number of hydrogen-bond acceptors (Lipinski definition) is 5. The Labute approximate surface area is 169 Å². The average molecular weight is 424 g/mol. The van der Waals surface area contributed by atoms with E-state index in [0.29, 0.717) is 16.5 Å². The maximum absolute atomic E-state index is 12.6. The molecule has 1 N–H and O–H groups in total. The molecular formula is C19H16ClF2N3O4. The van der Waals surface area contributed by atoms with Crippen molar-refractivity contribution in [3.05, 3.63) is 65.4 Å². The summed E-state index contributed by atoms with van der Waals surface area (Å²) in [6.07, 6.45) is 1.46. The average Bonchev–Trinajstić information content (AvgIpc) is 3.17. The van der Waals surface area contributed by atoms with Gasteiger partial charge in [0.15, 0.2) is 18.2 Å². The summed E-state index contributed by atoms with van der Waals surface area (Å²) in [5.41, 5.74) is 0.575. The number of carbonyl (C=O) groups is 1. The Morgan fingerprint density at radius 1 is 1.17 bits per heavy atom. The molecule has 7 nitrogen and oxygen atoms in total. The van der Waals surface area contributed by atoms with Crippen molar-refractivity contribution in [1.82, 2.24) is 9.78 Å². The van der Waals surface area contributed by atoms with Gasteiger partial charge in [-0.25, -0.2) is 4.68 Å². The number of amides is 1. The summed E-state index contributed by atoms with van der Waals surface area (Å²) >= 11 is 5.83. The van der Waals surface area contributed by atoms with Gasteiger partial charge in [-0.05, 0) is 42.5 Å². The van der Waals surface area contributed by atoms with Gasteiger partial charge in [0.2, 0.25) is 0 Å². The van der Waals surface area contributed by atoms with Crippen LogP contribution >= 0.6 is 11.6 Å². The lowest BCUT2D eigenvalue weighted by Crippen LogP contribution is -2.19. The molecule has 1 amide bonds. The highest BCUT2D eigenvalue weighted by Crippen LogP contribution is 2.31. The van der Waals surface area contributed by atoms with E-state index in [-0.39, 0.29) is 23.9 Å². The number of aromatic nitrogens is 2. The van der Waals surface area contributed by atoms with Gasteiger partial charge in [0.25, 0.3) is 5.91 Å². The normalized spacial score (nSPS) is 10.7. The van der Waals surface area contributed by atoms with Gasteiger partial charge >= 0.3 is 6.61 Å². The lowest BCUT2D eigenvalue weighted by Gasteiger charge is -2.13. The van der Waals surface area contributed by atoms with Crippen LogP contribution in [0.4, 0.5) is 14.5 Å². The molecule has 0 bridgehead atoms. The molecule has 3 rings (SSSR count). The number of hydrogen-bond donors (Lipinski definition) is 1. The van der Waals surface area contributed by atoms with E-state index < -0.39 is 12.5 Å². The zero-order valence-corrected chi connectivity index (χ0v) is 15.9. The van der Waals surface area contributed by atoms with Crippen LogP contribution in [0.15, 0.2) is 54.7 Å². The van der Waals surface area contributed by atoms with Crippen LogP contribution in [-0.2, 0) is 6.73 Å². The van der Waals surface area contributed by atoms with Crippen LogP contribution in [0.3, 0.4) is 0 Å². The van der Waals surface area contributed by atoms with E-state index >= 15 is 0 Å². The Morgan fingerprint density at radius 2 is 1.93 bits per heavy atom. The molecule has 0 saturated heterocycles. The van der Waals surface area contributed by atoms with E-state index in [4.69, 9.17) is 21.1 Å². The first-order chi connectivity index (χ1) is 14.0. The minimum absolute atomic E-state index is 0.00186. The van der Waals surface area contributed by atoms with E-state index in [1.807, 2.05) is 0 Å². The van der Waals surface area contributed by atoms with E-state index in [1.54, 1.807) is 24.3 Å². The van der Waals surface area contributed by atoms with Gasteiger partial charge in [-0.2, -0.15) is 13.9 Å². The number of nitrogens with zero attached hydrogens (tertiary/aromatic N) is 2. The third kappa shape index (κ3) is 5.35. The van der Waals surface area contributed by atoms with Crippen molar-refractivity contribution < 1.29 is 27.8 Å². The minimum Gasteiger partial charge on any atom is -0.493 e. The van der Waals surface area contributed by atoms with Crippen molar-refractivity contribution in [2.24, 2.45) is 0 Å². The molecule has 0 unspecified atom stereocenters. The minimum atomic E-state index is -2.99. The maximum atomic E-state index is 12.6. The summed E-state index contributed by atoms with van der Waals surface area (Å²) in [5.74, 6) is 0.0204. The number of halogens is 3. The second kappa shape index (κ2) is 9.24. The monoisotopic (exact) mass is 423 g/mol. The second-order valence-electron chi connectivity index (χ2n) is 5.64. The van der Waals surface area contributed by atoms with Crippen molar-refractivity contribution in [3.63, 3.8) is 0 Å². The summed E-state index contributed by atoms with van der Waals surface area (Å²) in [6, 6.07) is 12.4. The standard InChI is InChI=1S/C19H16ClF2N3O4/c1-27-17-10-13(4-7-16(17)29-19(21)22)24-18(26)15-8-9-23-25(15)11-28-14-5-2-12(20)3-6-14/h2-10,19H,11H2,1H3,(H,24,26). The van der Waals surface area contributed by atoms with E-state index in [2.05, 4.69) is 15.2 Å². The predicted octanol–water partition coefficient (Wildman–Crippen LogP) is 4.44. The third-order valence-corrected chi connectivity index (χ3v) is 4.01. The van der Waals surface area contributed by atoms with Crippen molar-refractivity contribution in [1.29, 1.82) is 0 Å².